The molecular weight excluding hydrogens is 847 g/mol. The maximum atomic E-state index is 12.8. The summed E-state index contributed by atoms with van der Waals surface area (Å²) in [6.45, 7) is 4.46. The van der Waals surface area contributed by atoms with E-state index in [1.54, 1.807) is 0 Å². The van der Waals surface area contributed by atoms with Crippen LogP contribution in [0.3, 0.4) is 0 Å². The quantitative estimate of drug-likeness (QED) is 0.0281. The zero-order valence-corrected chi connectivity index (χ0v) is 44.0. The second kappa shape index (κ2) is 49.4. The minimum Gasteiger partial charge on any atom is -0.477 e. The second-order valence-electron chi connectivity index (χ2n) is 18.7. The van der Waals surface area contributed by atoms with Crippen molar-refractivity contribution in [2.24, 2.45) is 0 Å². The van der Waals surface area contributed by atoms with Gasteiger partial charge in [0.05, 0.1) is 34.4 Å². The van der Waals surface area contributed by atoms with Crippen LogP contribution in [0, 0.1) is 0 Å². The Hall–Kier alpha value is -4.01. The van der Waals surface area contributed by atoms with Gasteiger partial charge in [-0.25, -0.2) is 4.79 Å². The Bertz CT molecular complexity index is 1470. The van der Waals surface area contributed by atoms with Crippen LogP contribution < -0.4 is 0 Å². The van der Waals surface area contributed by atoms with E-state index in [0.29, 0.717) is 19.3 Å². The first-order valence-corrected chi connectivity index (χ1v) is 26.9. The van der Waals surface area contributed by atoms with Crippen molar-refractivity contribution in [3.8, 4) is 0 Å². The van der Waals surface area contributed by atoms with Crippen molar-refractivity contribution in [1.29, 1.82) is 0 Å². The minimum absolute atomic E-state index is 0.0370. The maximum absolute atomic E-state index is 12.8. The third-order valence-electron chi connectivity index (χ3n) is 11.4. The van der Waals surface area contributed by atoms with Gasteiger partial charge in [-0.1, -0.05) is 200 Å². The number of nitrogens with zero attached hydrogens (tertiary/aromatic N) is 1. The molecule has 0 amide bonds. The number of hydrogen-bond acceptors (Lipinski definition) is 6. The molecule has 0 fully saturated rings. The van der Waals surface area contributed by atoms with Gasteiger partial charge in [0, 0.05) is 19.3 Å². The summed E-state index contributed by atoms with van der Waals surface area (Å²) < 4.78 is 17.3. The van der Waals surface area contributed by atoms with Gasteiger partial charge in [0.2, 0.25) is 0 Å². The van der Waals surface area contributed by atoms with Crippen LogP contribution in [-0.2, 0) is 28.6 Å². The lowest BCUT2D eigenvalue weighted by Crippen LogP contribution is -2.50. The topological polar surface area (TPSA) is 99.1 Å². The largest absolute Gasteiger partial charge is 0.477 e. The maximum Gasteiger partial charge on any atom is 0.362 e. The van der Waals surface area contributed by atoms with E-state index >= 15 is 0 Å². The number of unbranched alkanes of at least 4 members (excludes halogenated alkanes) is 15. The normalized spacial score (nSPS) is 13.7. The van der Waals surface area contributed by atoms with Crippen molar-refractivity contribution in [2.75, 3.05) is 41.0 Å². The van der Waals surface area contributed by atoms with E-state index in [0.717, 1.165) is 83.5 Å². The number of carboxylic acid groups (broad SMARTS) is 1. The van der Waals surface area contributed by atoms with Crippen molar-refractivity contribution in [3.63, 3.8) is 0 Å². The van der Waals surface area contributed by atoms with Gasteiger partial charge in [-0.15, -0.1) is 0 Å². The number of hydrogen-bond donors (Lipinski definition) is 1. The summed E-state index contributed by atoms with van der Waals surface area (Å²) in [5.41, 5.74) is 0. The fourth-order valence-corrected chi connectivity index (χ4v) is 7.35. The van der Waals surface area contributed by atoms with Gasteiger partial charge in [0.1, 0.15) is 6.61 Å². The molecule has 8 nitrogen and oxygen atoms in total. The molecule has 0 aliphatic rings. The predicted octanol–water partition coefficient (Wildman–Crippen LogP) is 16.0. The number of rotatable bonds is 47. The van der Waals surface area contributed by atoms with Crippen LogP contribution in [0.5, 0.6) is 0 Å². The second-order valence-corrected chi connectivity index (χ2v) is 18.7. The molecule has 0 aliphatic heterocycles. The van der Waals surface area contributed by atoms with E-state index in [2.05, 4.69) is 123 Å². The number of allylic oxidation sites excluding steroid dienone is 18. The first kappa shape index (κ1) is 64.0. The number of likely N-dealkylation sites (N-methyl/N-ethyl adjacent to an activating group) is 1. The van der Waals surface area contributed by atoms with Crippen LogP contribution in [0.15, 0.2) is 109 Å². The van der Waals surface area contributed by atoms with Gasteiger partial charge < -0.3 is 23.8 Å². The first-order chi connectivity index (χ1) is 33.1. The van der Waals surface area contributed by atoms with Crippen LogP contribution in [0.25, 0.3) is 0 Å². The number of carboxylic acids is 1. The standard InChI is InChI=1S/C60H99NO7/c1-6-8-10-12-14-16-18-20-22-24-26-28-29-31-32-34-36-38-40-42-44-46-48-50-58(62)67-55-56(54-66-53-52-57(60(64)65)61(3,4)5)68-59(63)51-49-47-45-43-41-39-37-35-33-30-27-25-23-21-19-17-15-13-11-9-7-2/h8-11,14-17,20,22,26,28,31-32,36,38,42,44,56-57H,6-7,12-13,18-19,21,23-25,27,29-30,33-35,37,39-41,43,45-55H2,1-5H3/p+1/b10-8+,11-9+,16-14+,17-15+,22-20+,28-26+,32-31+,38-36+,44-42+. The van der Waals surface area contributed by atoms with Gasteiger partial charge in [0.15, 0.2) is 12.1 Å². The number of ether oxygens (including phenoxy) is 3. The van der Waals surface area contributed by atoms with E-state index in [1.807, 2.05) is 21.1 Å². The fraction of sp³-hybridized carbons (Fsp3) is 0.650. The Morgan fingerprint density at radius 3 is 1.19 bits per heavy atom. The van der Waals surface area contributed by atoms with Crippen LogP contribution in [0.4, 0.5) is 0 Å². The molecule has 0 spiro atoms. The molecule has 2 unspecified atom stereocenters. The third kappa shape index (κ3) is 47.1. The average Bonchev–Trinajstić information content (AvgIpc) is 3.30. The summed E-state index contributed by atoms with van der Waals surface area (Å²) in [6.07, 6.45) is 68.7. The molecule has 2 atom stereocenters. The van der Waals surface area contributed by atoms with E-state index in [1.165, 1.54) is 77.0 Å². The molecule has 0 heterocycles. The molecule has 1 N–H and O–H groups in total. The smallest absolute Gasteiger partial charge is 0.362 e. The predicted molar refractivity (Wildman–Crippen MR) is 289 cm³/mol. The molecule has 0 bridgehead atoms. The average molecular weight is 947 g/mol. The lowest BCUT2D eigenvalue weighted by molar-refractivity contribution is -0.887. The molecule has 0 radical (unpaired) electrons. The number of aliphatic carboxylic acids is 1. The molecule has 0 saturated carbocycles. The Kier molecular flexibility index (Phi) is 46.5. The number of carbonyl (C=O) groups is 3. The molecule has 8 heteroatoms. The fourth-order valence-electron chi connectivity index (χ4n) is 7.35. The van der Waals surface area contributed by atoms with Gasteiger partial charge >= 0.3 is 17.9 Å². The van der Waals surface area contributed by atoms with Crippen LogP contribution >= 0.6 is 0 Å². The van der Waals surface area contributed by atoms with E-state index in [9.17, 15) is 19.5 Å². The highest BCUT2D eigenvalue weighted by Gasteiger charge is 2.31. The van der Waals surface area contributed by atoms with Crippen LogP contribution in [0.1, 0.15) is 200 Å². The van der Waals surface area contributed by atoms with Crippen molar-refractivity contribution < 1.29 is 38.2 Å². The summed E-state index contributed by atoms with van der Waals surface area (Å²) in [5, 5.41) is 9.67. The zero-order chi connectivity index (χ0) is 49.9. The summed E-state index contributed by atoms with van der Waals surface area (Å²) in [4.78, 5) is 37.2. The Labute approximate surface area is 417 Å². The lowest BCUT2D eigenvalue weighted by Gasteiger charge is -2.31. The van der Waals surface area contributed by atoms with Crippen LogP contribution in [-0.4, -0.2) is 80.6 Å². The molecule has 0 aromatic carbocycles. The number of esters is 2. The highest BCUT2D eigenvalue weighted by molar-refractivity contribution is 5.72. The summed E-state index contributed by atoms with van der Waals surface area (Å²) >= 11 is 0. The Balaban J connectivity index is 4.33. The molecule has 0 rings (SSSR count). The Morgan fingerprint density at radius 2 is 0.794 bits per heavy atom. The molecule has 0 saturated heterocycles. The molecule has 0 aromatic rings. The SMILES string of the molecule is CC/C=C/C/C=C/C/C=C/C/C=C/C/C=C/C/C=C/C/C=C/CCCC(=O)OCC(COCCC(C(=O)O)[N+](C)(C)C)OC(=O)CCCCCCCCCCCCCCCC/C=C/C/C=C/CC. The molecule has 68 heavy (non-hydrogen) atoms. The highest BCUT2D eigenvalue weighted by Crippen LogP contribution is 2.15. The number of quaternary nitrogens is 1. The van der Waals surface area contributed by atoms with Crippen molar-refractivity contribution in [2.45, 2.75) is 212 Å². The van der Waals surface area contributed by atoms with Crippen molar-refractivity contribution >= 4 is 17.9 Å². The van der Waals surface area contributed by atoms with Crippen molar-refractivity contribution in [3.05, 3.63) is 109 Å². The summed E-state index contributed by atoms with van der Waals surface area (Å²) in [7, 11) is 5.51. The highest BCUT2D eigenvalue weighted by atomic mass is 16.6. The first-order valence-electron chi connectivity index (χ1n) is 26.9. The molecule has 386 valence electrons. The minimum atomic E-state index is -0.885. The van der Waals surface area contributed by atoms with E-state index in [4.69, 9.17) is 14.2 Å². The van der Waals surface area contributed by atoms with Gasteiger partial charge in [-0.2, -0.15) is 0 Å². The summed E-state index contributed by atoms with van der Waals surface area (Å²) in [5.74, 6) is -1.55. The molecule has 0 aromatic heterocycles. The monoisotopic (exact) mass is 947 g/mol. The zero-order valence-electron chi connectivity index (χ0n) is 44.0. The molecular formula is C60H100NO7+. The summed E-state index contributed by atoms with van der Waals surface area (Å²) in [6, 6.07) is -0.630. The van der Waals surface area contributed by atoms with Gasteiger partial charge in [-0.05, 0) is 89.9 Å². The molecule has 0 aliphatic carbocycles. The third-order valence-corrected chi connectivity index (χ3v) is 11.4. The van der Waals surface area contributed by atoms with Gasteiger partial charge in [0.25, 0.3) is 0 Å². The number of carbonyl (C=O) groups excluding carboxylic acids is 2. The van der Waals surface area contributed by atoms with E-state index < -0.39 is 18.1 Å². The van der Waals surface area contributed by atoms with E-state index in [-0.39, 0.29) is 42.7 Å². The van der Waals surface area contributed by atoms with Gasteiger partial charge in [-0.3, -0.25) is 9.59 Å². The van der Waals surface area contributed by atoms with Crippen molar-refractivity contribution in [1.82, 2.24) is 0 Å². The van der Waals surface area contributed by atoms with Crippen LogP contribution in [0.2, 0.25) is 0 Å². The lowest BCUT2D eigenvalue weighted by atomic mass is 10.0. The Morgan fingerprint density at radius 1 is 0.441 bits per heavy atom.